The summed E-state index contributed by atoms with van der Waals surface area (Å²) < 4.78 is 10.3. The molecule has 34 heavy (non-hydrogen) atoms. The largest absolute Gasteiger partial charge is 0.507 e. The Kier molecular flexibility index (Phi) is 5.92. The first-order chi connectivity index (χ1) is 16.6. The molecule has 0 spiro atoms. The first-order valence-corrected chi connectivity index (χ1v) is 11.5. The van der Waals surface area contributed by atoms with Crippen LogP contribution in [0.5, 0.6) is 5.75 Å². The summed E-state index contributed by atoms with van der Waals surface area (Å²) in [5, 5.41) is 11.2. The lowest BCUT2D eigenvalue weighted by molar-refractivity contribution is -0.132. The molecule has 2 heterocycles. The lowest BCUT2D eigenvalue weighted by atomic mass is 9.80. The molecule has 5 rings (SSSR count). The summed E-state index contributed by atoms with van der Waals surface area (Å²) in [6, 6.07) is 13.7. The number of methoxy groups -OCH3 is 1. The number of carbonyl (C=O) groups excluding carboxylic acids is 2. The number of ether oxygens (including phenoxy) is 1. The van der Waals surface area contributed by atoms with Crippen LogP contribution >= 0.6 is 0 Å². The van der Waals surface area contributed by atoms with Crippen LogP contribution in [0.1, 0.15) is 37.7 Å². The Bertz CT molecular complexity index is 1210. The summed E-state index contributed by atoms with van der Waals surface area (Å²) in [5.41, 5.74) is 2.83. The van der Waals surface area contributed by atoms with Crippen LogP contribution in [0.15, 0.2) is 71.2 Å². The number of aromatic nitrogens is 1. The number of benzene rings is 2. The molecule has 1 atom stereocenters. The van der Waals surface area contributed by atoms with Crippen LogP contribution < -0.4 is 9.64 Å². The molecule has 1 aliphatic heterocycles. The number of anilines is 1. The minimum absolute atomic E-state index is 0.0924. The minimum Gasteiger partial charge on any atom is -0.507 e. The van der Waals surface area contributed by atoms with Gasteiger partial charge in [-0.15, -0.1) is 0 Å². The highest BCUT2D eigenvalue weighted by atomic mass is 16.5. The molecule has 3 aromatic rings. The maximum Gasteiger partial charge on any atom is 0.299 e. The van der Waals surface area contributed by atoms with E-state index in [0.717, 1.165) is 37.7 Å². The zero-order valence-electron chi connectivity index (χ0n) is 18.9. The maximum absolute atomic E-state index is 13.3. The Balaban J connectivity index is 1.58. The number of aliphatic hydroxyl groups is 1. The highest BCUT2D eigenvalue weighted by molar-refractivity contribution is 6.51. The van der Waals surface area contributed by atoms with Crippen molar-refractivity contribution in [3.05, 3.63) is 72.3 Å². The zero-order valence-corrected chi connectivity index (χ0v) is 18.9. The van der Waals surface area contributed by atoms with Crippen LogP contribution in [-0.4, -0.2) is 34.9 Å². The molecule has 0 radical (unpaired) electrons. The number of nitrogens with zero attached hydrogens (tertiary/aromatic N) is 2. The Labute approximate surface area is 197 Å². The second kappa shape index (κ2) is 9.17. The highest BCUT2D eigenvalue weighted by Gasteiger charge is 2.49. The molecule has 174 valence electrons. The molecular formula is C27H26N2O5. The number of ketones is 1. The van der Waals surface area contributed by atoms with E-state index in [1.54, 1.807) is 42.5 Å². The summed E-state index contributed by atoms with van der Waals surface area (Å²) in [4.78, 5) is 32.3. The van der Waals surface area contributed by atoms with Crippen molar-refractivity contribution in [2.75, 3.05) is 12.0 Å². The van der Waals surface area contributed by atoms with Crippen LogP contribution in [0.3, 0.4) is 0 Å². The van der Waals surface area contributed by atoms with Gasteiger partial charge in [0.2, 0.25) is 0 Å². The van der Waals surface area contributed by atoms with E-state index in [1.807, 2.05) is 24.3 Å². The van der Waals surface area contributed by atoms with Gasteiger partial charge in [0.25, 0.3) is 11.7 Å². The van der Waals surface area contributed by atoms with Crippen LogP contribution in [0.25, 0.3) is 17.0 Å². The molecule has 1 aromatic heterocycles. The second-order valence-corrected chi connectivity index (χ2v) is 8.76. The molecule has 7 nitrogen and oxygen atoms in total. The van der Waals surface area contributed by atoms with E-state index in [2.05, 4.69) is 4.98 Å². The molecule has 2 fully saturated rings. The van der Waals surface area contributed by atoms with Crippen LogP contribution in [0.4, 0.5) is 5.69 Å². The van der Waals surface area contributed by atoms with E-state index >= 15 is 0 Å². The molecule has 2 aromatic carbocycles. The van der Waals surface area contributed by atoms with E-state index in [4.69, 9.17) is 9.15 Å². The van der Waals surface area contributed by atoms with Crippen molar-refractivity contribution in [3.63, 3.8) is 0 Å². The summed E-state index contributed by atoms with van der Waals surface area (Å²) in [7, 11) is 1.57. The third-order valence-electron chi connectivity index (χ3n) is 6.82. The molecule has 1 amide bonds. The third-order valence-corrected chi connectivity index (χ3v) is 6.82. The molecule has 1 saturated heterocycles. The first-order valence-electron chi connectivity index (χ1n) is 11.5. The van der Waals surface area contributed by atoms with Crippen LogP contribution in [0.2, 0.25) is 0 Å². The highest BCUT2D eigenvalue weighted by Crippen LogP contribution is 2.41. The monoisotopic (exact) mass is 458 g/mol. The van der Waals surface area contributed by atoms with Gasteiger partial charge in [-0.3, -0.25) is 14.5 Å². The van der Waals surface area contributed by atoms with Crippen molar-refractivity contribution in [1.29, 1.82) is 0 Å². The van der Waals surface area contributed by atoms with Crippen molar-refractivity contribution in [2.45, 2.75) is 38.1 Å². The Morgan fingerprint density at radius 1 is 1.03 bits per heavy atom. The molecule has 2 aliphatic rings. The van der Waals surface area contributed by atoms with E-state index in [9.17, 15) is 14.7 Å². The second-order valence-electron chi connectivity index (χ2n) is 8.76. The Morgan fingerprint density at radius 2 is 1.74 bits per heavy atom. The van der Waals surface area contributed by atoms with E-state index in [0.29, 0.717) is 22.7 Å². The fourth-order valence-corrected chi connectivity index (χ4v) is 5.09. The number of rotatable bonds is 5. The number of hydrogen-bond acceptors (Lipinski definition) is 6. The number of aliphatic hydroxyl groups excluding tert-OH is 1. The Morgan fingerprint density at radius 3 is 2.35 bits per heavy atom. The van der Waals surface area contributed by atoms with Gasteiger partial charge in [-0.1, -0.05) is 31.4 Å². The van der Waals surface area contributed by atoms with Crippen molar-refractivity contribution in [3.8, 4) is 17.0 Å². The number of oxazole rings is 1. The van der Waals surface area contributed by atoms with Crippen LogP contribution in [0, 0.1) is 5.92 Å². The molecule has 1 saturated carbocycles. The number of amides is 1. The van der Waals surface area contributed by atoms with E-state index in [-0.39, 0.29) is 17.3 Å². The minimum atomic E-state index is -0.649. The smallest absolute Gasteiger partial charge is 0.299 e. The molecule has 1 aliphatic carbocycles. The molecular weight excluding hydrogens is 432 g/mol. The van der Waals surface area contributed by atoms with Gasteiger partial charge in [-0.25, -0.2) is 4.98 Å². The van der Waals surface area contributed by atoms with Gasteiger partial charge in [-0.2, -0.15) is 0 Å². The molecule has 7 heteroatoms. The fourth-order valence-electron chi connectivity index (χ4n) is 5.09. The van der Waals surface area contributed by atoms with Crippen molar-refractivity contribution in [2.24, 2.45) is 5.92 Å². The predicted molar refractivity (Wildman–Crippen MR) is 127 cm³/mol. The van der Waals surface area contributed by atoms with Crippen LogP contribution in [-0.2, 0) is 9.59 Å². The standard InChI is InChI=1S/C27H26N2O5/c1-33-21-13-9-19(10-14-21)25(30)23-24(18-5-3-2-4-6-18)29(27(32)26(23)31)20-11-7-17(8-12-20)22-15-34-16-28-22/h7-16,18,24,30H,2-6H2,1H3/b25-23-. The van der Waals surface area contributed by atoms with Gasteiger partial charge < -0.3 is 14.3 Å². The molecule has 1 N–H and O–H groups in total. The number of Topliss-reactive ketones (excluding diaryl/α,β-unsaturated/α-hetero) is 1. The first kappa shape index (κ1) is 21.9. The van der Waals surface area contributed by atoms with Gasteiger partial charge in [-0.05, 0) is 55.2 Å². The normalized spacial score (nSPS) is 20.6. The summed E-state index contributed by atoms with van der Waals surface area (Å²) in [6.45, 7) is 0. The van der Waals surface area contributed by atoms with Crippen molar-refractivity contribution in [1.82, 2.24) is 4.98 Å². The topological polar surface area (TPSA) is 92.9 Å². The van der Waals surface area contributed by atoms with E-state index < -0.39 is 17.7 Å². The lowest BCUT2D eigenvalue weighted by Crippen LogP contribution is -2.40. The van der Waals surface area contributed by atoms with Gasteiger partial charge >= 0.3 is 0 Å². The fraction of sp³-hybridized carbons (Fsp3) is 0.296. The van der Waals surface area contributed by atoms with Gasteiger partial charge in [0.05, 0.1) is 18.7 Å². The van der Waals surface area contributed by atoms with E-state index in [1.165, 1.54) is 6.39 Å². The lowest BCUT2D eigenvalue weighted by Gasteiger charge is -2.34. The number of hydrogen-bond donors (Lipinski definition) is 1. The summed E-state index contributed by atoms with van der Waals surface area (Å²) >= 11 is 0. The average molecular weight is 459 g/mol. The van der Waals surface area contributed by atoms with Gasteiger partial charge in [0.15, 0.2) is 6.39 Å². The summed E-state index contributed by atoms with van der Waals surface area (Å²) in [5.74, 6) is -0.662. The Hall–Kier alpha value is -3.87. The predicted octanol–water partition coefficient (Wildman–Crippen LogP) is 5.18. The number of carbonyl (C=O) groups is 2. The summed E-state index contributed by atoms with van der Waals surface area (Å²) in [6.07, 6.45) is 7.94. The SMILES string of the molecule is COc1ccc(/C(O)=C2/C(=O)C(=O)N(c3ccc(-c4cocn4)cc3)C2C2CCCCC2)cc1. The average Bonchev–Trinajstić information content (AvgIpc) is 3.52. The molecule has 1 unspecified atom stereocenters. The van der Waals surface area contributed by atoms with Crippen molar-refractivity contribution < 1.29 is 23.8 Å². The zero-order chi connectivity index (χ0) is 23.7. The molecule has 0 bridgehead atoms. The van der Waals surface area contributed by atoms with Gasteiger partial charge in [0, 0.05) is 16.8 Å². The third kappa shape index (κ3) is 3.87. The van der Waals surface area contributed by atoms with Gasteiger partial charge in [0.1, 0.15) is 23.5 Å². The quantitative estimate of drug-likeness (QED) is 0.322. The van der Waals surface area contributed by atoms with Crippen molar-refractivity contribution >= 4 is 23.1 Å². The maximum atomic E-state index is 13.3.